The molecule has 1 rings (SSSR count). The van der Waals surface area contributed by atoms with Crippen LogP contribution in [0, 0.1) is 0 Å². The summed E-state index contributed by atoms with van der Waals surface area (Å²) >= 11 is 0. The van der Waals surface area contributed by atoms with Gasteiger partial charge in [-0.25, -0.2) is 16.8 Å². The highest BCUT2D eigenvalue weighted by atomic mass is 32.2. The van der Waals surface area contributed by atoms with E-state index in [0.717, 1.165) is 20.1 Å². The van der Waals surface area contributed by atoms with Crippen LogP contribution in [-0.2, 0) is 24.5 Å². The Kier molecular flexibility index (Phi) is 6.35. The number of alkyl halides is 3. The van der Waals surface area contributed by atoms with Crippen LogP contribution in [0.5, 0.6) is 5.75 Å². The summed E-state index contributed by atoms with van der Waals surface area (Å²) in [5.41, 5.74) is -5.93. The molecule has 1 atom stereocenters. The molecule has 0 heterocycles. The number of ether oxygens (including phenoxy) is 1. The lowest BCUT2D eigenvalue weighted by atomic mass is 10.3. The van der Waals surface area contributed by atoms with Crippen LogP contribution in [-0.4, -0.2) is 45.9 Å². The number of hydrogen-bond donors (Lipinski definition) is 1. The fourth-order valence-corrected chi connectivity index (χ4v) is 3.84. The van der Waals surface area contributed by atoms with Gasteiger partial charge < -0.3 is 10.1 Å². The van der Waals surface area contributed by atoms with Crippen LogP contribution >= 0.6 is 0 Å². The van der Waals surface area contributed by atoms with Crippen molar-refractivity contribution in [2.45, 2.75) is 41.7 Å². The maximum absolute atomic E-state index is 12.7. The molecule has 1 unspecified atom stereocenters. The second-order valence-corrected chi connectivity index (χ2v) is 10.3. The first-order valence-electron chi connectivity index (χ1n) is 7.19. The lowest BCUT2D eigenvalue weighted by molar-refractivity contribution is -0.115. The predicted molar refractivity (Wildman–Crippen MR) is 88.4 cm³/mol. The van der Waals surface area contributed by atoms with Crippen LogP contribution in [0.1, 0.15) is 20.8 Å². The van der Waals surface area contributed by atoms with Crippen LogP contribution in [0.25, 0.3) is 0 Å². The topological polar surface area (TPSA) is 107 Å². The SMILES string of the molecule is COc1ccc(S(=O)(=O)C(F)(F)F)cc1NC(=O)C(C)S(=O)(=O)C(C)C. The lowest BCUT2D eigenvalue weighted by Gasteiger charge is -2.17. The van der Waals surface area contributed by atoms with E-state index in [1.807, 2.05) is 0 Å². The third-order valence-electron chi connectivity index (χ3n) is 3.56. The minimum absolute atomic E-state index is 0.131. The van der Waals surface area contributed by atoms with E-state index >= 15 is 0 Å². The molecule has 1 N–H and O–H groups in total. The Balaban J connectivity index is 3.33. The average molecular weight is 417 g/mol. The van der Waals surface area contributed by atoms with Gasteiger partial charge in [0.15, 0.2) is 9.84 Å². The number of nitrogens with one attached hydrogen (secondary N) is 1. The minimum Gasteiger partial charge on any atom is -0.495 e. The fourth-order valence-electron chi connectivity index (χ4n) is 1.88. The zero-order chi connectivity index (χ0) is 20.5. The van der Waals surface area contributed by atoms with Gasteiger partial charge in [-0.3, -0.25) is 4.79 Å². The van der Waals surface area contributed by atoms with E-state index in [-0.39, 0.29) is 5.75 Å². The molecule has 7 nitrogen and oxygen atoms in total. The molecule has 1 aromatic carbocycles. The summed E-state index contributed by atoms with van der Waals surface area (Å²) in [6.07, 6.45) is 0. The van der Waals surface area contributed by atoms with Crippen molar-refractivity contribution >= 4 is 31.3 Å². The van der Waals surface area contributed by atoms with Crippen molar-refractivity contribution < 1.29 is 39.5 Å². The maximum Gasteiger partial charge on any atom is 0.501 e. The molecule has 0 spiro atoms. The number of carbonyl (C=O) groups is 1. The molecule has 0 aliphatic carbocycles. The second-order valence-electron chi connectivity index (χ2n) is 5.58. The standard InChI is InChI=1S/C14H18F3NO6S2/c1-8(2)25(20,21)9(3)13(19)18-11-7-10(5-6-12(11)24-4)26(22,23)14(15,16)17/h5-9H,1-4H3,(H,18,19). The van der Waals surface area contributed by atoms with Crippen LogP contribution < -0.4 is 10.1 Å². The molecule has 12 heteroatoms. The summed E-state index contributed by atoms with van der Waals surface area (Å²) in [4.78, 5) is 11.1. The average Bonchev–Trinajstić information content (AvgIpc) is 2.52. The molecule has 0 saturated carbocycles. The van der Waals surface area contributed by atoms with Gasteiger partial charge in [0.2, 0.25) is 5.91 Å². The summed E-state index contributed by atoms with van der Waals surface area (Å²) in [6.45, 7) is 3.86. The Labute approximate surface area is 149 Å². The number of anilines is 1. The molecular weight excluding hydrogens is 399 g/mol. The van der Waals surface area contributed by atoms with E-state index in [4.69, 9.17) is 4.74 Å². The highest BCUT2D eigenvalue weighted by Crippen LogP contribution is 2.34. The minimum atomic E-state index is -5.65. The molecule has 0 fully saturated rings. The smallest absolute Gasteiger partial charge is 0.495 e. The molecule has 0 saturated heterocycles. The number of halogens is 3. The van der Waals surface area contributed by atoms with Crippen molar-refractivity contribution in [2.75, 3.05) is 12.4 Å². The van der Waals surface area contributed by atoms with Crippen molar-refractivity contribution in [3.63, 3.8) is 0 Å². The van der Waals surface area contributed by atoms with Crippen LogP contribution in [0.2, 0.25) is 0 Å². The van der Waals surface area contributed by atoms with E-state index in [9.17, 15) is 34.8 Å². The number of hydrogen-bond acceptors (Lipinski definition) is 6. The zero-order valence-corrected chi connectivity index (χ0v) is 15.9. The number of methoxy groups -OCH3 is 1. The van der Waals surface area contributed by atoms with Crippen LogP contribution in [0.15, 0.2) is 23.1 Å². The molecule has 0 aliphatic rings. The van der Waals surface area contributed by atoms with Crippen molar-refractivity contribution in [3.8, 4) is 5.75 Å². The zero-order valence-electron chi connectivity index (χ0n) is 14.3. The van der Waals surface area contributed by atoms with Crippen LogP contribution in [0.3, 0.4) is 0 Å². The van der Waals surface area contributed by atoms with Crippen molar-refractivity contribution in [1.82, 2.24) is 0 Å². The number of sulfone groups is 2. The molecule has 0 bridgehead atoms. The number of carbonyl (C=O) groups excluding carboxylic acids is 1. The number of amides is 1. The third-order valence-corrected chi connectivity index (χ3v) is 7.56. The molecule has 148 valence electrons. The first kappa shape index (κ1) is 22.2. The first-order valence-corrected chi connectivity index (χ1v) is 10.3. The van der Waals surface area contributed by atoms with Gasteiger partial charge in [0, 0.05) is 0 Å². The molecule has 1 aromatic rings. The largest absolute Gasteiger partial charge is 0.501 e. The highest BCUT2D eigenvalue weighted by molar-refractivity contribution is 7.93. The molecule has 0 aliphatic heterocycles. The predicted octanol–water partition coefficient (Wildman–Crippen LogP) is 2.14. The van der Waals surface area contributed by atoms with Gasteiger partial charge in [-0.2, -0.15) is 13.2 Å². The Bertz CT molecular complexity index is 892. The normalized spacial score (nSPS) is 14.2. The highest BCUT2D eigenvalue weighted by Gasteiger charge is 2.47. The van der Waals surface area contributed by atoms with Gasteiger partial charge in [0.25, 0.3) is 9.84 Å². The van der Waals surface area contributed by atoms with E-state index < -0.39 is 52.2 Å². The third kappa shape index (κ3) is 4.29. The van der Waals surface area contributed by atoms with Crippen molar-refractivity contribution in [2.24, 2.45) is 0 Å². The molecular formula is C14H18F3NO6S2. The van der Waals surface area contributed by atoms with Gasteiger partial charge >= 0.3 is 5.51 Å². The second kappa shape index (κ2) is 7.43. The van der Waals surface area contributed by atoms with Crippen LogP contribution in [0.4, 0.5) is 18.9 Å². The Morgan fingerprint density at radius 2 is 1.65 bits per heavy atom. The number of rotatable bonds is 6. The van der Waals surface area contributed by atoms with Crippen molar-refractivity contribution in [3.05, 3.63) is 18.2 Å². The first-order chi connectivity index (χ1) is 11.7. The molecule has 0 aromatic heterocycles. The summed E-state index contributed by atoms with van der Waals surface area (Å²) in [7, 11) is -8.33. The van der Waals surface area contributed by atoms with E-state index in [2.05, 4.69) is 5.32 Å². The molecule has 1 amide bonds. The Hall–Kier alpha value is -1.82. The lowest BCUT2D eigenvalue weighted by Crippen LogP contribution is -2.36. The van der Waals surface area contributed by atoms with Crippen molar-refractivity contribution in [1.29, 1.82) is 0 Å². The maximum atomic E-state index is 12.7. The number of benzene rings is 1. The Morgan fingerprint density at radius 3 is 2.08 bits per heavy atom. The summed E-state index contributed by atoms with van der Waals surface area (Å²) in [6, 6.07) is 2.16. The van der Waals surface area contributed by atoms with Gasteiger partial charge in [-0.1, -0.05) is 0 Å². The van der Waals surface area contributed by atoms with Gasteiger partial charge in [-0.15, -0.1) is 0 Å². The fraction of sp³-hybridized carbons (Fsp3) is 0.500. The van der Waals surface area contributed by atoms with E-state index in [0.29, 0.717) is 12.1 Å². The summed E-state index contributed by atoms with van der Waals surface area (Å²) in [5.74, 6) is -1.16. The van der Waals surface area contributed by atoms with Gasteiger partial charge in [0.05, 0.1) is 22.9 Å². The monoisotopic (exact) mass is 417 g/mol. The Morgan fingerprint density at radius 1 is 1.12 bits per heavy atom. The molecule has 0 radical (unpaired) electrons. The summed E-state index contributed by atoms with van der Waals surface area (Å²) < 4.78 is 90.0. The van der Waals surface area contributed by atoms with Gasteiger partial charge in [-0.05, 0) is 39.0 Å². The quantitative estimate of drug-likeness (QED) is 0.760. The molecule has 26 heavy (non-hydrogen) atoms. The van der Waals surface area contributed by atoms with Gasteiger partial charge in [0.1, 0.15) is 11.0 Å². The summed E-state index contributed by atoms with van der Waals surface area (Å²) in [5, 5.41) is -0.252. The van der Waals surface area contributed by atoms with E-state index in [1.165, 1.54) is 13.8 Å². The van der Waals surface area contributed by atoms with E-state index in [1.54, 1.807) is 0 Å².